The summed E-state index contributed by atoms with van der Waals surface area (Å²) < 4.78 is 0. The average molecular weight is 393 g/mol. The lowest BCUT2D eigenvalue weighted by Gasteiger charge is -2.31. The second kappa shape index (κ2) is 7.75. The Morgan fingerprint density at radius 1 is 1.37 bits per heavy atom. The van der Waals surface area contributed by atoms with Crippen LogP contribution in [0.1, 0.15) is 36.5 Å². The Morgan fingerprint density at radius 3 is 2.63 bits per heavy atom. The molecule has 3 rings (SSSR count). The Labute approximate surface area is 161 Å². The van der Waals surface area contributed by atoms with Crippen LogP contribution in [-0.2, 0) is 4.79 Å². The second-order valence-corrected chi connectivity index (χ2v) is 8.38. The summed E-state index contributed by atoms with van der Waals surface area (Å²) >= 11 is 1.47. The van der Waals surface area contributed by atoms with Gasteiger partial charge in [-0.25, -0.2) is 4.79 Å². The molecular weight excluding hydrogens is 370 g/mol. The first-order valence-corrected chi connectivity index (χ1v) is 10.1. The van der Waals surface area contributed by atoms with Crippen molar-refractivity contribution in [3.05, 3.63) is 33.9 Å². The molecule has 2 N–H and O–H groups in total. The van der Waals surface area contributed by atoms with E-state index >= 15 is 0 Å². The van der Waals surface area contributed by atoms with Gasteiger partial charge in [-0.05, 0) is 43.1 Å². The van der Waals surface area contributed by atoms with E-state index in [1.165, 1.54) is 23.9 Å². The molecule has 0 aromatic heterocycles. The highest BCUT2D eigenvalue weighted by Crippen LogP contribution is 2.33. The summed E-state index contributed by atoms with van der Waals surface area (Å²) in [5, 5.41) is 23.6. The van der Waals surface area contributed by atoms with Gasteiger partial charge >= 0.3 is 5.97 Å². The predicted molar refractivity (Wildman–Crippen MR) is 103 cm³/mol. The van der Waals surface area contributed by atoms with Crippen LogP contribution in [-0.4, -0.2) is 52.0 Å². The third kappa shape index (κ3) is 4.02. The molecule has 27 heavy (non-hydrogen) atoms. The van der Waals surface area contributed by atoms with Crippen LogP contribution in [0, 0.1) is 16.0 Å². The number of nitrogens with zero attached hydrogens (tertiary/aromatic N) is 2. The van der Waals surface area contributed by atoms with E-state index in [0.29, 0.717) is 29.5 Å². The molecule has 2 aliphatic rings. The van der Waals surface area contributed by atoms with Gasteiger partial charge < -0.3 is 15.3 Å². The Bertz CT molecular complexity index is 755. The van der Waals surface area contributed by atoms with Crippen molar-refractivity contribution in [1.29, 1.82) is 0 Å². The predicted octanol–water partition coefficient (Wildman–Crippen LogP) is 2.52. The average Bonchev–Trinajstić information content (AvgIpc) is 3.12. The van der Waals surface area contributed by atoms with Gasteiger partial charge in [0.15, 0.2) is 0 Å². The molecule has 2 fully saturated rings. The van der Waals surface area contributed by atoms with E-state index in [1.54, 1.807) is 6.07 Å². The number of carboxylic acid groups (broad SMARTS) is 1. The largest absolute Gasteiger partial charge is 0.479 e. The first kappa shape index (κ1) is 19.5. The Hall–Kier alpha value is -2.29. The number of carbonyl (C=O) groups excluding carboxylic acids is 1. The van der Waals surface area contributed by atoms with Crippen molar-refractivity contribution in [3.63, 3.8) is 0 Å². The van der Waals surface area contributed by atoms with Gasteiger partial charge in [-0.2, -0.15) is 11.8 Å². The Morgan fingerprint density at radius 2 is 2.07 bits per heavy atom. The van der Waals surface area contributed by atoms with Crippen LogP contribution in [0.3, 0.4) is 0 Å². The van der Waals surface area contributed by atoms with Crippen LogP contribution >= 0.6 is 11.8 Å². The summed E-state index contributed by atoms with van der Waals surface area (Å²) in [6.45, 7) is 3.65. The highest BCUT2D eigenvalue weighted by molar-refractivity contribution is 7.99. The van der Waals surface area contributed by atoms with Crippen LogP contribution in [0.15, 0.2) is 18.2 Å². The summed E-state index contributed by atoms with van der Waals surface area (Å²) in [6.07, 6.45) is 2.28. The maximum atomic E-state index is 12.6. The minimum atomic E-state index is -1.31. The summed E-state index contributed by atoms with van der Waals surface area (Å²) in [7, 11) is 0. The Kier molecular flexibility index (Phi) is 5.59. The van der Waals surface area contributed by atoms with Gasteiger partial charge in [0.25, 0.3) is 11.6 Å². The van der Waals surface area contributed by atoms with E-state index in [-0.39, 0.29) is 11.3 Å². The molecule has 8 nitrogen and oxygen atoms in total. The molecule has 0 aliphatic carbocycles. The summed E-state index contributed by atoms with van der Waals surface area (Å²) in [4.78, 5) is 37.3. The minimum Gasteiger partial charge on any atom is -0.479 e. The van der Waals surface area contributed by atoms with Crippen LogP contribution in [0.2, 0.25) is 0 Å². The fraction of sp³-hybridized carbons (Fsp3) is 0.556. The molecule has 0 radical (unpaired) electrons. The normalized spacial score (nSPS) is 23.2. The van der Waals surface area contributed by atoms with E-state index < -0.39 is 22.3 Å². The van der Waals surface area contributed by atoms with Gasteiger partial charge in [0.2, 0.25) is 0 Å². The van der Waals surface area contributed by atoms with Crippen LogP contribution < -0.4 is 10.2 Å². The number of carboxylic acids is 1. The van der Waals surface area contributed by atoms with Gasteiger partial charge in [0.1, 0.15) is 11.2 Å². The number of piperidine rings is 1. The molecule has 1 aromatic carbocycles. The summed E-state index contributed by atoms with van der Waals surface area (Å²) in [5.74, 6) is -0.128. The van der Waals surface area contributed by atoms with Gasteiger partial charge in [-0.15, -0.1) is 0 Å². The number of hydrogen-bond acceptors (Lipinski definition) is 6. The summed E-state index contributed by atoms with van der Waals surface area (Å²) in [6, 6.07) is 4.38. The highest BCUT2D eigenvalue weighted by Gasteiger charge is 2.43. The highest BCUT2D eigenvalue weighted by atomic mass is 32.2. The molecule has 1 atom stereocenters. The van der Waals surface area contributed by atoms with E-state index in [1.807, 2.05) is 4.90 Å². The number of aliphatic carboxylic acids is 1. The van der Waals surface area contributed by atoms with Gasteiger partial charge in [-0.1, -0.05) is 6.92 Å². The first-order valence-electron chi connectivity index (χ1n) is 8.99. The molecule has 0 spiro atoms. The molecule has 1 aromatic rings. The number of nitro benzene ring substituents is 1. The van der Waals surface area contributed by atoms with Crippen LogP contribution in [0.4, 0.5) is 11.4 Å². The number of anilines is 1. The maximum absolute atomic E-state index is 12.6. The molecule has 2 heterocycles. The lowest BCUT2D eigenvalue weighted by atomic mass is 9.97. The van der Waals surface area contributed by atoms with E-state index in [0.717, 1.165) is 25.9 Å². The molecular formula is C18H23N3O5S. The molecule has 2 saturated heterocycles. The lowest BCUT2D eigenvalue weighted by molar-refractivity contribution is -0.384. The third-order valence-corrected chi connectivity index (χ3v) is 6.53. The zero-order valence-corrected chi connectivity index (χ0v) is 16.0. The van der Waals surface area contributed by atoms with Crippen molar-refractivity contribution in [2.45, 2.75) is 31.7 Å². The standard InChI is InChI=1S/C18H23N3O5S/c1-12-4-7-20(8-5-12)14-3-2-13(10-15(14)21(25)26)16(22)19-18(17(23)24)6-9-27-11-18/h2-3,10,12H,4-9,11H2,1H3,(H,19,22)(H,23,24). The monoisotopic (exact) mass is 393 g/mol. The molecule has 0 saturated carbocycles. The number of nitrogens with one attached hydrogen (secondary N) is 1. The van der Waals surface area contributed by atoms with Gasteiger partial charge in [-0.3, -0.25) is 14.9 Å². The lowest BCUT2D eigenvalue weighted by Crippen LogP contribution is -2.54. The Balaban J connectivity index is 1.84. The SMILES string of the molecule is CC1CCN(c2ccc(C(=O)NC3(C(=O)O)CCSC3)cc2[N+](=O)[O-])CC1. The number of benzene rings is 1. The number of nitro groups is 1. The van der Waals surface area contributed by atoms with Crippen molar-refractivity contribution in [2.24, 2.45) is 5.92 Å². The molecule has 9 heteroatoms. The van der Waals surface area contributed by atoms with Crippen molar-refractivity contribution in [2.75, 3.05) is 29.5 Å². The maximum Gasteiger partial charge on any atom is 0.330 e. The minimum absolute atomic E-state index is 0.105. The van der Waals surface area contributed by atoms with E-state index in [2.05, 4.69) is 12.2 Å². The quantitative estimate of drug-likeness (QED) is 0.584. The molecule has 1 unspecified atom stereocenters. The van der Waals surface area contributed by atoms with Crippen LogP contribution in [0.5, 0.6) is 0 Å². The zero-order chi connectivity index (χ0) is 19.6. The molecule has 1 amide bonds. The van der Waals surface area contributed by atoms with Crippen LogP contribution in [0.25, 0.3) is 0 Å². The first-order chi connectivity index (χ1) is 12.8. The van der Waals surface area contributed by atoms with Crippen molar-refractivity contribution >= 4 is 35.0 Å². The number of thioether (sulfide) groups is 1. The number of rotatable bonds is 5. The second-order valence-electron chi connectivity index (χ2n) is 7.27. The summed E-state index contributed by atoms with van der Waals surface area (Å²) in [5.41, 5.74) is -0.818. The van der Waals surface area contributed by atoms with Crippen molar-refractivity contribution in [3.8, 4) is 0 Å². The fourth-order valence-electron chi connectivity index (χ4n) is 3.50. The van der Waals surface area contributed by atoms with Gasteiger partial charge in [0.05, 0.1) is 4.92 Å². The molecule has 0 bridgehead atoms. The smallest absolute Gasteiger partial charge is 0.330 e. The molecule has 146 valence electrons. The third-order valence-electron chi connectivity index (χ3n) is 5.34. The fourth-order valence-corrected chi connectivity index (χ4v) is 4.83. The van der Waals surface area contributed by atoms with Crippen molar-refractivity contribution < 1.29 is 19.6 Å². The number of hydrogen-bond donors (Lipinski definition) is 2. The van der Waals surface area contributed by atoms with E-state index in [4.69, 9.17) is 0 Å². The van der Waals surface area contributed by atoms with Crippen molar-refractivity contribution in [1.82, 2.24) is 5.32 Å². The number of amides is 1. The topological polar surface area (TPSA) is 113 Å². The number of carbonyl (C=O) groups is 2. The molecule has 2 aliphatic heterocycles. The van der Waals surface area contributed by atoms with Gasteiger partial charge in [0, 0.05) is 30.5 Å². The zero-order valence-electron chi connectivity index (χ0n) is 15.1. The van der Waals surface area contributed by atoms with E-state index in [9.17, 15) is 24.8 Å².